The Morgan fingerprint density at radius 3 is 3.00 bits per heavy atom. The Morgan fingerprint density at radius 1 is 1.50 bits per heavy atom. The highest BCUT2D eigenvalue weighted by Crippen LogP contribution is 2.32. The lowest BCUT2D eigenvalue weighted by atomic mass is 9.94. The van der Waals surface area contributed by atoms with Gasteiger partial charge in [0.25, 0.3) is 0 Å². The number of hydrogen-bond acceptors (Lipinski definition) is 2. The van der Waals surface area contributed by atoms with Crippen LogP contribution in [0.5, 0.6) is 0 Å². The summed E-state index contributed by atoms with van der Waals surface area (Å²) >= 11 is 0. The summed E-state index contributed by atoms with van der Waals surface area (Å²) in [6.07, 6.45) is 7.32. The Bertz CT molecular complexity index is 144. The molecule has 12 heavy (non-hydrogen) atoms. The minimum absolute atomic E-state index is 0.00894. The van der Waals surface area contributed by atoms with E-state index in [1.807, 2.05) is 0 Å². The van der Waals surface area contributed by atoms with E-state index in [0.717, 1.165) is 26.1 Å². The Hall–Kier alpha value is -0.0800. The predicted molar refractivity (Wildman–Crippen MR) is 46.9 cm³/mol. The van der Waals surface area contributed by atoms with Gasteiger partial charge in [0.1, 0.15) is 0 Å². The summed E-state index contributed by atoms with van der Waals surface area (Å²) in [5, 5.41) is 0. The monoisotopic (exact) mass is 169 g/mol. The van der Waals surface area contributed by atoms with Gasteiger partial charge in [0.05, 0.1) is 11.7 Å². The lowest BCUT2D eigenvalue weighted by molar-refractivity contribution is -0.0128. The fraction of sp³-hybridized carbons (Fsp3) is 0.900. The van der Waals surface area contributed by atoms with Crippen molar-refractivity contribution in [3.63, 3.8) is 0 Å². The molecule has 2 nitrogen and oxygen atoms in total. The molecule has 2 heterocycles. The average molecular weight is 169 g/mol. The van der Waals surface area contributed by atoms with E-state index in [-0.39, 0.29) is 5.60 Å². The molecule has 0 bridgehead atoms. The third-order valence-corrected chi connectivity index (χ3v) is 2.78. The van der Waals surface area contributed by atoms with Crippen molar-refractivity contribution in [2.45, 2.75) is 44.3 Å². The van der Waals surface area contributed by atoms with Crippen LogP contribution in [-0.2, 0) is 9.47 Å². The van der Waals surface area contributed by atoms with Gasteiger partial charge in [-0.1, -0.05) is 0 Å². The maximum absolute atomic E-state index is 5.67. The van der Waals surface area contributed by atoms with Crippen LogP contribution in [0.1, 0.15) is 32.6 Å². The van der Waals surface area contributed by atoms with Gasteiger partial charge in [-0.3, -0.25) is 0 Å². The smallest absolute Gasteiger partial charge is 0.0711 e. The average Bonchev–Trinajstić information content (AvgIpc) is 2.62. The van der Waals surface area contributed by atoms with Crippen molar-refractivity contribution in [1.82, 2.24) is 0 Å². The SMILES string of the molecule is CC1(CC2CCCO2)[CH]CCO1. The molecule has 0 saturated carbocycles. The van der Waals surface area contributed by atoms with E-state index in [1.165, 1.54) is 12.8 Å². The molecule has 0 aromatic rings. The fourth-order valence-corrected chi connectivity index (χ4v) is 2.11. The standard InChI is InChI=1S/C10H17O2/c1-10(5-3-7-12-10)8-9-4-2-6-11-9/h5,9H,2-4,6-8H2,1H3. The van der Waals surface area contributed by atoms with Crippen LogP contribution in [0.2, 0.25) is 0 Å². The molecule has 0 aromatic carbocycles. The molecular weight excluding hydrogens is 152 g/mol. The molecule has 2 rings (SSSR count). The molecule has 2 fully saturated rings. The van der Waals surface area contributed by atoms with Gasteiger partial charge >= 0.3 is 0 Å². The molecule has 2 saturated heterocycles. The molecule has 1 radical (unpaired) electrons. The first kappa shape index (κ1) is 8.52. The van der Waals surface area contributed by atoms with Crippen LogP contribution in [0.25, 0.3) is 0 Å². The van der Waals surface area contributed by atoms with E-state index < -0.39 is 0 Å². The highest BCUT2D eigenvalue weighted by Gasteiger charge is 2.34. The summed E-state index contributed by atoms with van der Waals surface area (Å²) in [5.41, 5.74) is 0.00894. The predicted octanol–water partition coefficient (Wildman–Crippen LogP) is 1.94. The fourth-order valence-electron chi connectivity index (χ4n) is 2.11. The molecule has 2 atom stereocenters. The van der Waals surface area contributed by atoms with Gasteiger partial charge in [-0.25, -0.2) is 0 Å². The van der Waals surface area contributed by atoms with Gasteiger partial charge in [0, 0.05) is 19.6 Å². The van der Waals surface area contributed by atoms with Gasteiger partial charge in [-0.05, 0) is 32.6 Å². The Balaban J connectivity index is 1.83. The summed E-state index contributed by atoms with van der Waals surface area (Å²) < 4.78 is 11.2. The van der Waals surface area contributed by atoms with Crippen LogP contribution >= 0.6 is 0 Å². The zero-order chi connectivity index (χ0) is 8.44. The van der Waals surface area contributed by atoms with Crippen LogP contribution in [0, 0.1) is 6.42 Å². The summed E-state index contributed by atoms with van der Waals surface area (Å²) in [6, 6.07) is 0. The van der Waals surface area contributed by atoms with Crippen LogP contribution in [-0.4, -0.2) is 24.9 Å². The Kier molecular flexibility index (Phi) is 2.37. The van der Waals surface area contributed by atoms with E-state index in [4.69, 9.17) is 9.47 Å². The minimum atomic E-state index is 0.00894. The first-order valence-electron chi connectivity index (χ1n) is 4.88. The largest absolute Gasteiger partial charge is 0.378 e. The zero-order valence-corrected chi connectivity index (χ0v) is 7.71. The van der Waals surface area contributed by atoms with Crippen molar-refractivity contribution in [3.8, 4) is 0 Å². The lowest BCUT2D eigenvalue weighted by Gasteiger charge is -2.25. The van der Waals surface area contributed by atoms with E-state index in [9.17, 15) is 0 Å². The van der Waals surface area contributed by atoms with E-state index in [1.54, 1.807) is 0 Å². The highest BCUT2D eigenvalue weighted by atomic mass is 16.5. The lowest BCUT2D eigenvalue weighted by Crippen LogP contribution is -2.29. The Labute approximate surface area is 74.2 Å². The van der Waals surface area contributed by atoms with Crippen LogP contribution < -0.4 is 0 Å². The molecule has 0 N–H and O–H groups in total. The van der Waals surface area contributed by atoms with Crippen molar-refractivity contribution < 1.29 is 9.47 Å². The maximum atomic E-state index is 5.67. The molecule has 2 aliphatic heterocycles. The third kappa shape index (κ3) is 1.80. The van der Waals surface area contributed by atoms with Crippen molar-refractivity contribution in [1.29, 1.82) is 0 Å². The van der Waals surface area contributed by atoms with Crippen molar-refractivity contribution in [2.24, 2.45) is 0 Å². The molecule has 0 aliphatic carbocycles. The van der Waals surface area contributed by atoms with Gasteiger partial charge in [-0.15, -0.1) is 0 Å². The minimum Gasteiger partial charge on any atom is -0.378 e. The second-order valence-corrected chi connectivity index (χ2v) is 3.99. The highest BCUT2D eigenvalue weighted by molar-refractivity contribution is 4.97. The quantitative estimate of drug-likeness (QED) is 0.629. The molecule has 0 amide bonds. The molecule has 2 unspecified atom stereocenters. The van der Waals surface area contributed by atoms with Gasteiger partial charge in [0.2, 0.25) is 0 Å². The maximum Gasteiger partial charge on any atom is 0.0711 e. The van der Waals surface area contributed by atoms with E-state index in [2.05, 4.69) is 13.3 Å². The molecule has 2 aliphatic rings. The second-order valence-electron chi connectivity index (χ2n) is 3.99. The van der Waals surface area contributed by atoms with Crippen molar-refractivity contribution in [2.75, 3.05) is 13.2 Å². The van der Waals surface area contributed by atoms with E-state index in [0.29, 0.717) is 6.10 Å². The first-order valence-corrected chi connectivity index (χ1v) is 4.88. The summed E-state index contributed by atoms with van der Waals surface area (Å²) in [5.74, 6) is 0. The topological polar surface area (TPSA) is 18.5 Å². The van der Waals surface area contributed by atoms with Gasteiger partial charge in [0.15, 0.2) is 0 Å². The molecule has 2 heteroatoms. The summed E-state index contributed by atoms with van der Waals surface area (Å²) in [7, 11) is 0. The molecule has 0 spiro atoms. The second kappa shape index (κ2) is 3.35. The summed E-state index contributed by atoms with van der Waals surface area (Å²) in [4.78, 5) is 0. The molecule has 0 aromatic heterocycles. The number of hydrogen-bond donors (Lipinski definition) is 0. The van der Waals surface area contributed by atoms with Crippen LogP contribution in [0.15, 0.2) is 0 Å². The zero-order valence-electron chi connectivity index (χ0n) is 7.71. The van der Waals surface area contributed by atoms with Crippen molar-refractivity contribution in [3.05, 3.63) is 6.42 Å². The van der Waals surface area contributed by atoms with Crippen molar-refractivity contribution >= 4 is 0 Å². The van der Waals surface area contributed by atoms with Gasteiger partial charge in [-0.2, -0.15) is 0 Å². The Morgan fingerprint density at radius 2 is 2.42 bits per heavy atom. The molecular formula is C10H17O2. The van der Waals surface area contributed by atoms with Gasteiger partial charge < -0.3 is 9.47 Å². The third-order valence-electron chi connectivity index (χ3n) is 2.78. The normalized spacial score (nSPS) is 42.2. The number of rotatable bonds is 2. The van der Waals surface area contributed by atoms with Crippen LogP contribution in [0.4, 0.5) is 0 Å². The van der Waals surface area contributed by atoms with E-state index >= 15 is 0 Å². The van der Waals surface area contributed by atoms with Crippen LogP contribution in [0.3, 0.4) is 0 Å². The number of ether oxygens (including phenoxy) is 2. The summed E-state index contributed by atoms with van der Waals surface area (Å²) in [6.45, 7) is 4.01. The molecule has 69 valence electrons. The first-order chi connectivity index (χ1) is 5.79.